The Bertz CT molecular complexity index is 989. The smallest absolute Gasteiger partial charge is 0.368 e. The zero-order valence-electron chi connectivity index (χ0n) is 15.7. The van der Waals surface area contributed by atoms with Crippen molar-refractivity contribution in [1.82, 2.24) is 19.6 Å². The van der Waals surface area contributed by atoms with Crippen LogP contribution in [0.1, 0.15) is 24.0 Å². The van der Waals surface area contributed by atoms with E-state index in [-0.39, 0.29) is 0 Å². The standard InChI is InChI=1S/C19H21F3N6/c1-3-16-24-18-23-13(2)11-17(28(18)25-16)27-9-7-26(8-10-27)15-6-4-5-14(12-15)19(20,21)22/h4-6,11-12H,3,7-10H2,1-2H3. The molecule has 1 saturated heterocycles. The van der Waals surface area contributed by atoms with Crippen LogP contribution in [0.3, 0.4) is 0 Å². The first-order chi connectivity index (χ1) is 13.3. The summed E-state index contributed by atoms with van der Waals surface area (Å²) in [5.74, 6) is 2.23. The van der Waals surface area contributed by atoms with Crippen LogP contribution >= 0.6 is 0 Å². The molecule has 0 atom stereocenters. The second-order valence-corrected chi connectivity index (χ2v) is 6.87. The third-order valence-corrected chi connectivity index (χ3v) is 4.92. The Balaban J connectivity index is 1.55. The van der Waals surface area contributed by atoms with Gasteiger partial charge >= 0.3 is 6.18 Å². The van der Waals surface area contributed by atoms with Gasteiger partial charge in [0, 0.05) is 50.0 Å². The molecule has 0 spiro atoms. The highest BCUT2D eigenvalue weighted by Crippen LogP contribution is 2.32. The van der Waals surface area contributed by atoms with Crippen molar-refractivity contribution in [1.29, 1.82) is 0 Å². The number of hydrogen-bond donors (Lipinski definition) is 0. The van der Waals surface area contributed by atoms with E-state index in [2.05, 4.69) is 20.0 Å². The molecule has 4 rings (SSSR count). The summed E-state index contributed by atoms with van der Waals surface area (Å²) in [5, 5.41) is 4.53. The predicted octanol–water partition coefficient (Wildman–Crippen LogP) is 3.34. The average molecular weight is 390 g/mol. The number of aromatic nitrogens is 4. The van der Waals surface area contributed by atoms with E-state index in [9.17, 15) is 13.2 Å². The highest BCUT2D eigenvalue weighted by molar-refractivity contribution is 5.53. The monoisotopic (exact) mass is 390 g/mol. The maximum Gasteiger partial charge on any atom is 0.416 e. The maximum atomic E-state index is 13.0. The van der Waals surface area contributed by atoms with Gasteiger partial charge in [-0.05, 0) is 25.1 Å². The minimum absolute atomic E-state index is 0.576. The number of alkyl halides is 3. The van der Waals surface area contributed by atoms with Gasteiger partial charge in [0.15, 0.2) is 5.82 Å². The molecule has 2 aromatic heterocycles. The van der Waals surface area contributed by atoms with E-state index in [4.69, 9.17) is 0 Å². The maximum absolute atomic E-state index is 13.0. The fourth-order valence-corrected chi connectivity index (χ4v) is 3.46. The number of halogens is 3. The summed E-state index contributed by atoms with van der Waals surface area (Å²) in [5.41, 5.74) is 0.839. The summed E-state index contributed by atoms with van der Waals surface area (Å²) >= 11 is 0. The number of hydrogen-bond acceptors (Lipinski definition) is 5. The number of rotatable bonds is 3. The highest BCUT2D eigenvalue weighted by Gasteiger charge is 2.31. The largest absolute Gasteiger partial charge is 0.416 e. The molecule has 1 aliphatic rings. The van der Waals surface area contributed by atoms with Gasteiger partial charge in [0.25, 0.3) is 5.78 Å². The quantitative estimate of drug-likeness (QED) is 0.687. The van der Waals surface area contributed by atoms with Gasteiger partial charge in [0.2, 0.25) is 0 Å². The molecule has 0 N–H and O–H groups in total. The van der Waals surface area contributed by atoms with Crippen LogP contribution in [0.15, 0.2) is 30.3 Å². The zero-order chi connectivity index (χ0) is 19.9. The third-order valence-electron chi connectivity index (χ3n) is 4.92. The summed E-state index contributed by atoms with van der Waals surface area (Å²) in [7, 11) is 0. The van der Waals surface area contributed by atoms with Crippen LogP contribution in [0.25, 0.3) is 5.78 Å². The first kappa shape index (κ1) is 18.5. The molecule has 6 nitrogen and oxygen atoms in total. The van der Waals surface area contributed by atoms with E-state index in [0.29, 0.717) is 37.6 Å². The van der Waals surface area contributed by atoms with Gasteiger partial charge in [-0.3, -0.25) is 0 Å². The van der Waals surface area contributed by atoms with Crippen molar-refractivity contribution in [2.24, 2.45) is 0 Å². The van der Waals surface area contributed by atoms with E-state index in [1.807, 2.05) is 24.8 Å². The first-order valence-corrected chi connectivity index (χ1v) is 9.25. The van der Waals surface area contributed by atoms with Crippen molar-refractivity contribution in [3.8, 4) is 0 Å². The molecule has 28 heavy (non-hydrogen) atoms. The SMILES string of the molecule is CCc1nc2nc(C)cc(N3CCN(c4cccc(C(F)(F)F)c4)CC3)n2n1. The van der Waals surface area contributed by atoms with Gasteiger partial charge in [-0.1, -0.05) is 13.0 Å². The molecule has 9 heteroatoms. The average Bonchev–Trinajstić information content (AvgIpc) is 3.10. The van der Waals surface area contributed by atoms with Crippen LogP contribution in [0.4, 0.5) is 24.7 Å². The van der Waals surface area contributed by atoms with E-state index in [0.717, 1.165) is 29.8 Å². The summed E-state index contributed by atoms with van der Waals surface area (Å²) in [4.78, 5) is 13.0. The molecule has 1 aliphatic heterocycles. The number of piperazine rings is 1. The molecule has 0 amide bonds. The van der Waals surface area contributed by atoms with E-state index in [1.54, 1.807) is 10.6 Å². The molecule has 0 aliphatic carbocycles. The zero-order valence-corrected chi connectivity index (χ0v) is 15.7. The van der Waals surface area contributed by atoms with E-state index >= 15 is 0 Å². The second kappa shape index (κ2) is 6.96. The summed E-state index contributed by atoms with van der Waals surface area (Å²) in [6.45, 7) is 6.52. The van der Waals surface area contributed by atoms with Crippen molar-refractivity contribution in [3.05, 3.63) is 47.4 Å². The van der Waals surface area contributed by atoms with Crippen molar-refractivity contribution in [2.75, 3.05) is 36.0 Å². The van der Waals surface area contributed by atoms with Crippen molar-refractivity contribution in [3.63, 3.8) is 0 Å². The summed E-state index contributed by atoms with van der Waals surface area (Å²) in [6.07, 6.45) is -3.60. The molecule has 3 heterocycles. The van der Waals surface area contributed by atoms with Gasteiger partial charge in [0.1, 0.15) is 5.82 Å². The Labute approximate surface area is 160 Å². The van der Waals surface area contributed by atoms with Gasteiger partial charge in [0.05, 0.1) is 5.56 Å². The molecule has 1 aromatic carbocycles. The lowest BCUT2D eigenvalue weighted by Crippen LogP contribution is -2.47. The van der Waals surface area contributed by atoms with Gasteiger partial charge < -0.3 is 9.80 Å². The molecule has 1 fully saturated rings. The molecule has 3 aromatic rings. The molecule has 148 valence electrons. The normalized spacial score (nSPS) is 15.5. The van der Waals surface area contributed by atoms with Crippen molar-refractivity contribution in [2.45, 2.75) is 26.4 Å². The fourth-order valence-electron chi connectivity index (χ4n) is 3.46. The van der Waals surface area contributed by atoms with Crippen molar-refractivity contribution >= 4 is 17.3 Å². The Kier molecular flexibility index (Phi) is 4.60. The Morgan fingerprint density at radius 3 is 2.39 bits per heavy atom. The number of aryl methyl sites for hydroxylation is 2. The van der Waals surface area contributed by atoms with Gasteiger partial charge in [-0.15, -0.1) is 5.10 Å². The van der Waals surface area contributed by atoms with E-state index < -0.39 is 11.7 Å². The number of benzene rings is 1. The number of fused-ring (bicyclic) bond motifs is 1. The van der Waals surface area contributed by atoms with Gasteiger partial charge in [-0.25, -0.2) is 4.98 Å². The third kappa shape index (κ3) is 3.48. The molecule has 0 bridgehead atoms. The Morgan fingerprint density at radius 1 is 1.00 bits per heavy atom. The lowest BCUT2D eigenvalue weighted by atomic mass is 10.1. The predicted molar refractivity (Wildman–Crippen MR) is 101 cm³/mol. The van der Waals surface area contributed by atoms with Crippen molar-refractivity contribution < 1.29 is 13.2 Å². The highest BCUT2D eigenvalue weighted by atomic mass is 19.4. The lowest BCUT2D eigenvalue weighted by Gasteiger charge is -2.37. The molecule has 0 unspecified atom stereocenters. The van der Waals surface area contributed by atoms with Crippen LogP contribution in [0, 0.1) is 6.92 Å². The fraction of sp³-hybridized carbons (Fsp3) is 0.421. The van der Waals surface area contributed by atoms with Crippen LogP contribution in [-0.4, -0.2) is 45.8 Å². The minimum atomic E-state index is -4.33. The van der Waals surface area contributed by atoms with Crippen LogP contribution in [0.2, 0.25) is 0 Å². The molecular formula is C19H21F3N6. The van der Waals surface area contributed by atoms with E-state index in [1.165, 1.54) is 12.1 Å². The first-order valence-electron chi connectivity index (χ1n) is 9.25. The van der Waals surface area contributed by atoms with Crippen LogP contribution in [0.5, 0.6) is 0 Å². The summed E-state index contributed by atoms with van der Waals surface area (Å²) < 4.78 is 40.7. The van der Waals surface area contributed by atoms with Crippen LogP contribution in [-0.2, 0) is 12.6 Å². The molecular weight excluding hydrogens is 369 g/mol. The Hall–Kier alpha value is -2.84. The second-order valence-electron chi connectivity index (χ2n) is 6.87. The minimum Gasteiger partial charge on any atom is -0.368 e. The Morgan fingerprint density at radius 2 is 1.71 bits per heavy atom. The number of anilines is 2. The van der Waals surface area contributed by atoms with Gasteiger partial charge in [-0.2, -0.15) is 22.7 Å². The topological polar surface area (TPSA) is 49.6 Å². The molecule has 0 saturated carbocycles. The van der Waals surface area contributed by atoms with Crippen LogP contribution < -0.4 is 9.80 Å². The molecule has 0 radical (unpaired) electrons. The number of nitrogens with zero attached hydrogens (tertiary/aromatic N) is 6. The lowest BCUT2D eigenvalue weighted by molar-refractivity contribution is -0.137. The summed E-state index contributed by atoms with van der Waals surface area (Å²) in [6, 6.07) is 7.48.